The van der Waals surface area contributed by atoms with E-state index in [9.17, 15) is 4.79 Å². The summed E-state index contributed by atoms with van der Waals surface area (Å²) < 4.78 is 0. The molecule has 0 saturated heterocycles. The zero-order valence-corrected chi connectivity index (χ0v) is 9.50. The standard InChI is InChI=1S/C13H17NO/c1-10(2)8-13(15)14-9-12-7-5-4-6-11(12)3/h4-8H,9H2,1-3H3,(H,14,15). The molecule has 0 unspecified atom stereocenters. The lowest BCUT2D eigenvalue weighted by molar-refractivity contribution is -0.116. The molecule has 0 bridgehead atoms. The maximum atomic E-state index is 11.4. The third-order valence-electron chi connectivity index (χ3n) is 2.13. The van der Waals surface area contributed by atoms with E-state index >= 15 is 0 Å². The van der Waals surface area contributed by atoms with Gasteiger partial charge in [0.05, 0.1) is 0 Å². The third-order valence-corrected chi connectivity index (χ3v) is 2.13. The number of nitrogens with one attached hydrogen (secondary N) is 1. The summed E-state index contributed by atoms with van der Waals surface area (Å²) in [6.45, 7) is 6.46. The van der Waals surface area contributed by atoms with Crippen LogP contribution in [0.15, 0.2) is 35.9 Å². The van der Waals surface area contributed by atoms with E-state index in [1.165, 1.54) is 5.56 Å². The predicted molar refractivity (Wildman–Crippen MR) is 62.5 cm³/mol. The van der Waals surface area contributed by atoms with Crippen LogP contribution >= 0.6 is 0 Å². The summed E-state index contributed by atoms with van der Waals surface area (Å²) in [6.07, 6.45) is 1.61. The molecule has 0 spiro atoms. The van der Waals surface area contributed by atoms with Gasteiger partial charge in [0.15, 0.2) is 0 Å². The minimum absolute atomic E-state index is 0.0294. The van der Waals surface area contributed by atoms with Gasteiger partial charge in [0.1, 0.15) is 0 Å². The van der Waals surface area contributed by atoms with E-state index < -0.39 is 0 Å². The Bertz CT molecular complexity index is 376. The first kappa shape index (κ1) is 11.5. The average molecular weight is 203 g/mol. The van der Waals surface area contributed by atoms with Crippen molar-refractivity contribution in [3.63, 3.8) is 0 Å². The molecule has 1 N–H and O–H groups in total. The second kappa shape index (κ2) is 5.35. The average Bonchev–Trinajstić information content (AvgIpc) is 2.15. The van der Waals surface area contributed by atoms with Crippen LogP contribution in [0.1, 0.15) is 25.0 Å². The highest BCUT2D eigenvalue weighted by Crippen LogP contribution is 2.05. The molecule has 2 heteroatoms. The number of amides is 1. The van der Waals surface area contributed by atoms with Crippen LogP contribution in [0.3, 0.4) is 0 Å². The van der Waals surface area contributed by atoms with Gasteiger partial charge in [0, 0.05) is 12.6 Å². The summed E-state index contributed by atoms with van der Waals surface area (Å²) in [5, 5.41) is 2.86. The molecular weight excluding hydrogens is 186 g/mol. The van der Waals surface area contributed by atoms with Crippen molar-refractivity contribution in [3.8, 4) is 0 Å². The molecule has 0 radical (unpaired) electrons. The van der Waals surface area contributed by atoms with Crippen molar-refractivity contribution in [1.29, 1.82) is 0 Å². The molecule has 0 aromatic heterocycles. The van der Waals surface area contributed by atoms with Gasteiger partial charge in [0.25, 0.3) is 0 Å². The Hall–Kier alpha value is -1.57. The molecule has 1 rings (SSSR count). The first-order chi connectivity index (χ1) is 7.09. The SMILES string of the molecule is CC(C)=CC(=O)NCc1ccccc1C. The summed E-state index contributed by atoms with van der Waals surface area (Å²) in [7, 11) is 0. The van der Waals surface area contributed by atoms with Crippen molar-refractivity contribution in [2.24, 2.45) is 0 Å². The Morgan fingerprint density at radius 1 is 1.33 bits per heavy atom. The van der Waals surface area contributed by atoms with Gasteiger partial charge in [-0.3, -0.25) is 4.79 Å². The second-order valence-electron chi connectivity index (χ2n) is 3.87. The predicted octanol–water partition coefficient (Wildman–Crippen LogP) is 2.58. The van der Waals surface area contributed by atoms with Crippen LogP contribution in [-0.4, -0.2) is 5.91 Å². The van der Waals surface area contributed by atoms with E-state index in [0.29, 0.717) is 6.54 Å². The summed E-state index contributed by atoms with van der Waals surface area (Å²) in [6, 6.07) is 8.05. The van der Waals surface area contributed by atoms with Crippen molar-refractivity contribution >= 4 is 5.91 Å². The molecule has 0 saturated carbocycles. The topological polar surface area (TPSA) is 29.1 Å². The smallest absolute Gasteiger partial charge is 0.244 e. The highest BCUT2D eigenvalue weighted by atomic mass is 16.1. The summed E-state index contributed by atoms with van der Waals surface area (Å²) >= 11 is 0. The zero-order chi connectivity index (χ0) is 11.3. The number of rotatable bonds is 3. The van der Waals surface area contributed by atoms with Crippen LogP contribution in [-0.2, 0) is 11.3 Å². The van der Waals surface area contributed by atoms with Crippen LogP contribution in [0.5, 0.6) is 0 Å². The van der Waals surface area contributed by atoms with Crippen LogP contribution in [0, 0.1) is 6.92 Å². The molecule has 1 aromatic rings. The van der Waals surface area contributed by atoms with E-state index in [-0.39, 0.29) is 5.91 Å². The zero-order valence-electron chi connectivity index (χ0n) is 9.50. The first-order valence-electron chi connectivity index (χ1n) is 5.07. The van der Waals surface area contributed by atoms with Gasteiger partial charge < -0.3 is 5.32 Å². The Balaban J connectivity index is 2.55. The van der Waals surface area contributed by atoms with Crippen molar-refractivity contribution < 1.29 is 4.79 Å². The number of benzene rings is 1. The van der Waals surface area contributed by atoms with Gasteiger partial charge in [-0.25, -0.2) is 0 Å². The summed E-state index contributed by atoms with van der Waals surface area (Å²) in [5.41, 5.74) is 3.38. The van der Waals surface area contributed by atoms with Gasteiger partial charge in [-0.05, 0) is 31.9 Å². The Morgan fingerprint density at radius 2 is 2.00 bits per heavy atom. The van der Waals surface area contributed by atoms with Gasteiger partial charge in [-0.1, -0.05) is 29.8 Å². The van der Waals surface area contributed by atoms with E-state index in [2.05, 4.69) is 5.32 Å². The fourth-order valence-electron chi connectivity index (χ4n) is 1.30. The lowest BCUT2D eigenvalue weighted by atomic mass is 10.1. The molecule has 0 aliphatic heterocycles. The van der Waals surface area contributed by atoms with Crippen LogP contribution in [0.4, 0.5) is 0 Å². The number of carbonyl (C=O) groups is 1. The number of hydrogen-bond acceptors (Lipinski definition) is 1. The number of allylic oxidation sites excluding steroid dienone is 1. The molecule has 15 heavy (non-hydrogen) atoms. The molecule has 0 aliphatic carbocycles. The minimum Gasteiger partial charge on any atom is -0.348 e. The van der Waals surface area contributed by atoms with Crippen molar-refractivity contribution in [2.45, 2.75) is 27.3 Å². The molecule has 80 valence electrons. The van der Waals surface area contributed by atoms with Gasteiger partial charge >= 0.3 is 0 Å². The molecule has 0 aliphatic rings. The third kappa shape index (κ3) is 3.98. The molecule has 1 aromatic carbocycles. The fraction of sp³-hybridized carbons (Fsp3) is 0.308. The van der Waals surface area contributed by atoms with E-state index in [1.54, 1.807) is 6.08 Å². The summed E-state index contributed by atoms with van der Waals surface area (Å²) in [5.74, 6) is -0.0294. The molecular formula is C13H17NO. The van der Waals surface area contributed by atoms with Crippen LogP contribution < -0.4 is 5.32 Å². The largest absolute Gasteiger partial charge is 0.348 e. The van der Waals surface area contributed by atoms with E-state index in [0.717, 1.165) is 11.1 Å². The van der Waals surface area contributed by atoms with Crippen LogP contribution in [0.2, 0.25) is 0 Å². The molecule has 2 nitrogen and oxygen atoms in total. The lowest BCUT2D eigenvalue weighted by Gasteiger charge is -2.05. The maximum Gasteiger partial charge on any atom is 0.244 e. The van der Waals surface area contributed by atoms with Gasteiger partial charge in [-0.2, -0.15) is 0 Å². The maximum absolute atomic E-state index is 11.4. The minimum atomic E-state index is -0.0294. The normalized spacial score (nSPS) is 9.53. The quantitative estimate of drug-likeness (QED) is 0.752. The first-order valence-corrected chi connectivity index (χ1v) is 5.07. The molecule has 0 atom stereocenters. The van der Waals surface area contributed by atoms with E-state index in [1.807, 2.05) is 45.0 Å². The van der Waals surface area contributed by atoms with Crippen molar-refractivity contribution in [2.75, 3.05) is 0 Å². The van der Waals surface area contributed by atoms with Gasteiger partial charge in [-0.15, -0.1) is 0 Å². The Morgan fingerprint density at radius 3 is 2.60 bits per heavy atom. The van der Waals surface area contributed by atoms with Crippen molar-refractivity contribution in [3.05, 3.63) is 47.0 Å². The monoisotopic (exact) mass is 203 g/mol. The number of carbonyl (C=O) groups excluding carboxylic acids is 1. The van der Waals surface area contributed by atoms with Gasteiger partial charge in [0.2, 0.25) is 5.91 Å². The molecule has 0 heterocycles. The highest BCUT2D eigenvalue weighted by molar-refractivity contribution is 5.87. The van der Waals surface area contributed by atoms with E-state index in [4.69, 9.17) is 0 Å². The number of aryl methyl sites for hydroxylation is 1. The van der Waals surface area contributed by atoms with Crippen LogP contribution in [0.25, 0.3) is 0 Å². The molecule has 1 amide bonds. The molecule has 0 fully saturated rings. The Labute approximate surface area is 91.0 Å². The lowest BCUT2D eigenvalue weighted by Crippen LogP contribution is -2.21. The Kier molecular flexibility index (Phi) is 4.10. The fourth-order valence-corrected chi connectivity index (χ4v) is 1.30. The highest BCUT2D eigenvalue weighted by Gasteiger charge is 1.99. The second-order valence-corrected chi connectivity index (χ2v) is 3.87. The number of hydrogen-bond donors (Lipinski definition) is 1. The summed E-state index contributed by atoms with van der Waals surface area (Å²) in [4.78, 5) is 11.4. The van der Waals surface area contributed by atoms with Crippen molar-refractivity contribution in [1.82, 2.24) is 5.32 Å².